The van der Waals surface area contributed by atoms with Gasteiger partial charge in [0.25, 0.3) is 0 Å². The lowest BCUT2D eigenvalue weighted by molar-refractivity contribution is -0.870. The molecule has 11 heteroatoms. The van der Waals surface area contributed by atoms with Crippen molar-refractivity contribution >= 4 is 19.8 Å². The number of phosphoric ester groups is 1. The lowest BCUT2D eigenvalue weighted by Crippen LogP contribution is -2.37. The molecule has 3 atom stereocenters. The van der Waals surface area contributed by atoms with Crippen LogP contribution < -0.4 is 0 Å². The predicted octanol–water partition coefficient (Wildman–Crippen LogP) is 11.2. The number of unbranched alkanes of at least 4 members (excludes halogenated alkanes) is 11. The lowest BCUT2D eigenvalue weighted by atomic mass is 10.1. The minimum absolute atomic E-state index is 0.00439. The quantitative estimate of drug-likeness (QED) is 0.0156. The van der Waals surface area contributed by atoms with Gasteiger partial charge in [-0.3, -0.25) is 18.6 Å². The highest BCUT2D eigenvalue weighted by Crippen LogP contribution is 2.43. The molecular weight excluding hydrogens is 741 g/mol. The van der Waals surface area contributed by atoms with Crippen molar-refractivity contribution in [2.24, 2.45) is 0 Å². The van der Waals surface area contributed by atoms with Gasteiger partial charge in [-0.05, 0) is 70.6 Å². The second-order valence-electron chi connectivity index (χ2n) is 15.5. The van der Waals surface area contributed by atoms with Crippen LogP contribution in [0.3, 0.4) is 0 Å². The van der Waals surface area contributed by atoms with Crippen LogP contribution in [0.1, 0.15) is 149 Å². The predicted molar refractivity (Wildman–Crippen MR) is 235 cm³/mol. The highest BCUT2D eigenvalue weighted by atomic mass is 31.2. The number of hydrogen-bond donors (Lipinski definition) is 2. The minimum Gasteiger partial charge on any atom is -0.462 e. The van der Waals surface area contributed by atoms with E-state index in [-0.39, 0.29) is 26.1 Å². The first-order chi connectivity index (χ1) is 27.4. The standard InChI is InChI=1S/C46H80NO9P/c1-6-8-10-12-14-16-18-20-21-23-25-27-29-31-33-37-46(50)56-44(42-55-57(51,52)54-40-39-47(3,4)5)41-53-45(49)38-34-36-43(48)35-32-30-28-26-24-22-19-17-15-13-11-9-7-2/h8,10,14,16,20-22,24,28,30,32,35,43-44,48H,6-7,9,11-13,15,17-19,23,25-27,29,31,33-34,36-42H2,1-5H3/p+1/b10-8-,16-14-,21-20-,24-22+,30-28+,35-32+/t43?,44-/m1/s1. The molecule has 2 unspecified atom stereocenters. The van der Waals surface area contributed by atoms with Crippen LogP contribution in [0.15, 0.2) is 72.9 Å². The number of aliphatic hydroxyl groups excluding tert-OH is 1. The second kappa shape index (κ2) is 37.7. The number of nitrogens with zero attached hydrogens (tertiary/aromatic N) is 1. The summed E-state index contributed by atoms with van der Waals surface area (Å²) in [4.78, 5) is 35.4. The van der Waals surface area contributed by atoms with Crippen molar-refractivity contribution in [1.29, 1.82) is 0 Å². The zero-order chi connectivity index (χ0) is 42.3. The molecule has 0 bridgehead atoms. The summed E-state index contributed by atoms with van der Waals surface area (Å²) in [5.74, 6) is -1.02. The summed E-state index contributed by atoms with van der Waals surface area (Å²) in [5.41, 5.74) is 0. The van der Waals surface area contributed by atoms with E-state index in [1.54, 1.807) is 6.08 Å². The van der Waals surface area contributed by atoms with Gasteiger partial charge in [0.15, 0.2) is 6.10 Å². The van der Waals surface area contributed by atoms with Crippen LogP contribution in [0.4, 0.5) is 0 Å². The molecule has 10 nitrogen and oxygen atoms in total. The van der Waals surface area contributed by atoms with E-state index < -0.39 is 38.6 Å². The second-order valence-corrected chi connectivity index (χ2v) is 17.0. The van der Waals surface area contributed by atoms with Gasteiger partial charge < -0.3 is 24.0 Å². The molecule has 2 N–H and O–H groups in total. The SMILES string of the molecule is CC/C=C\C/C=C\C/C=C\CCCCCCCC(=O)O[C@H](COC(=O)CCCC(O)/C=C/C=C/C/C=C/CCCCCCCC)COP(=O)(O)OCC[N+](C)(C)C. The Balaban J connectivity index is 4.59. The molecule has 0 aromatic rings. The number of carbonyl (C=O) groups is 2. The molecule has 0 saturated heterocycles. The van der Waals surface area contributed by atoms with E-state index in [1.165, 1.54) is 38.5 Å². The van der Waals surface area contributed by atoms with E-state index in [9.17, 15) is 24.2 Å². The Kier molecular flexibility index (Phi) is 36.0. The van der Waals surface area contributed by atoms with Gasteiger partial charge in [-0.25, -0.2) is 4.57 Å². The Morgan fingerprint density at radius 2 is 1.21 bits per heavy atom. The van der Waals surface area contributed by atoms with Crippen LogP contribution in [0, 0.1) is 0 Å². The summed E-state index contributed by atoms with van der Waals surface area (Å²) in [6.45, 7) is 4.04. The molecular formula is C46H81NO9P+. The van der Waals surface area contributed by atoms with Crippen LogP contribution in [-0.4, -0.2) is 86.1 Å². The fourth-order valence-corrected chi connectivity index (χ4v) is 6.13. The molecule has 0 heterocycles. The maximum absolute atomic E-state index is 12.7. The van der Waals surface area contributed by atoms with Crippen molar-refractivity contribution in [3.63, 3.8) is 0 Å². The fourth-order valence-electron chi connectivity index (χ4n) is 5.39. The first kappa shape index (κ1) is 54.4. The van der Waals surface area contributed by atoms with E-state index in [0.29, 0.717) is 30.3 Å². The molecule has 0 aliphatic rings. The molecule has 0 amide bonds. The van der Waals surface area contributed by atoms with Crippen LogP contribution in [-0.2, 0) is 32.7 Å². The third-order valence-electron chi connectivity index (χ3n) is 8.82. The molecule has 0 fully saturated rings. The Morgan fingerprint density at radius 3 is 1.84 bits per heavy atom. The minimum atomic E-state index is -4.43. The summed E-state index contributed by atoms with van der Waals surface area (Å²) >= 11 is 0. The van der Waals surface area contributed by atoms with Crippen LogP contribution >= 0.6 is 7.82 Å². The molecule has 0 spiro atoms. The largest absolute Gasteiger partial charge is 0.472 e. The Hall–Kier alpha value is -2.59. The average Bonchev–Trinajstić information content (AvgIpc) is 3.15. The molecule has 328 valence electrons. The van der Waals surface area contributed by atoms with Gasteiger partial charge in [0.2, 0.25) is 0 Å². The van der Waals surface area contributed by atoms with E-state index in [0.717, 1.165) is 64.2 Å². The number of phosphoric acid groups is 1. The van der Waals surface area contributed by atoms with Crippen molar-refractivity contribution < 1.29 is 47.2 Å². The number of esters is 2. The van der Waals surface area contributed by atoms with Gasteiger partial charge in [0.1, 0.15) is 19.8 Å². The summed E-state index contributed by atoms with van der Waals surface area (Å²) in [5, 5.41) is 10.3. The van der Waals surface area contributed by atoms with Crippen molar-refractivity contribution in [2.75, 3.05) is 47.5 Å². The number of hydrogen-bond acceptors (Lipinski definition) is 8. The van der Waals surface area contributed by atoms with Crippen LogP contribution in [0.25, 0.3) is 0 Å². The number of likely N-dealkylation sites (N-methyl/N-ethyl adjacent to an activating group) is 1. The summed E-state index contributed by atoms with van der Waals surface area (Å²) < 4.78 is 34.1. The number of quaternary nitrogens is 1. The van der Waals surface area contributed by atoms with Gasteiger partial charge in [-0.15, -0.1) is 0 Å². The Labute approximate surface area is 347 Å². The Morgan fingerprint density at radius 1 is 0.649 bits per heavy atom. The maximum atomic E-state index is 12.7. The van der Waals surface area contributed by atoms with Gasteiger partial charge in [-0.2, -0.15) is 0 Å². The highest BCUT2D eigenvalue weighted by molar-refractivity contribution is 7.47. The number of allylic oxidation sites excluding steroid dienone is 11. The average molecular weight is 823 g/mol. The number of ether oxygens (including phenoxy) is 2. The monoisotopic (exact) mass is 823 g/mol. The van der Waals surface area contributed by atoms with E-state index in [1.807, 2.05) is 39.4 Å². The third-order valence-corrected chi connectivity index (χ3v) is 9.81. The van der Waals surface area contributed by atoms with Crippen LogP contribution in [0.2, 0.25) is 0 Å². The topological polar surface area (TPSA) is 129 Å². The molecule has 0 aliphatic heterocycles. The molecule has 0 aromatic heterocycles. The van der Waals surface area contributed by atoms with Gasteiger partial charge in [0.05, 0.1) is 33.9 Å². The third kappa shape index (κ3) is 41.4. The van der Waals surface area contributed by atoms with Gasteiger partial charge in [0, 0.05) is 12.8 Å². The zero-order valence-corrected chi connectivity index (χ0v) is 37.3. The van der Waals surface area contributed by atoms with Gasteiger partial charge in [-0.1, -0.05) is 138 Å². The van der Waals surface area contributed by atoms with Gasteiger partial charge >= 0.3 is 19.8 Å². The molecule has 0 radical (unpaired) electrons. The number of rotatable bonds is 38. The molecule has 0 saturated carbocycles. The van der Waals surface area contributed by atoms with Crippen molar-refractivity contribution in [1.82, 2.24) is 0 Å². The van der Waals surface area contributed by atoms with E-state index >= 15 is 0 Å². The molecule has 0 aromatic carbocycles. The molecule has 0 rings (SSSR count). The maximum Gasteiger partial charge on any atom is 0.472 e. The normalized spacial score (nSPS) is 14.9. The van der Waals surface area contributed by atoms with Crippen molar-refractivity contribution in [3.8, 4) is 0 Å². The highest BCUT2D eigenvalue weighted by Gasteiger charge is 2.27. The van der Waals surface area contributed by atoms with Crippen molar-refractivity contribution in [3.05, 3.63) is 72.9 Å². The summed E-state index contributed by atoms with van der Waals surface area (Å²) in [6, 6.07) is 0. The summed E-state index contributed by atoms with van der Waals surface area (Å²) in [6.07, 6.45) is 42.7. The molecule has 57 heavy (non-hydrogen) atoms. The first-order valence-electron chi connectivity index (χ1n) is 21.8. The van der Waals surface area contributed by atoms with E-state index in [4.69, 9.17) is 18.5 Å². The van der Waals surface area contributed by atoms with Crippen LogP contribution in [0.5, 0.6) is 0 Å². The lowest BCUT2D eigenvalue weighted by Gasteiger charge is -2.24. The summed E-state index contributed by atoms with van der Waals surface area (Å²) in [7, 11) is 1.35. The van der Waals surface area contributed by atoms with E-state index in [2.05, 4.69) is 62.5 Å². The Bertz CT molecular complexity index is 1220. The molecule has 0 aliphatic carbocycles. The van der Waals surface area contributed by atoms with Crippen molar-refractivity contribution in [2.45, 2.75) is 161 Å². The smallest absolute Gasteiger partial charge is 0.462 e. The number of aliphatic hydroxyl groups is 1. The fraction of sp³-hybridized carbons (Fsp3) is 0.696. The first-order valence-corrected chi connectivity index (χ1v) is 23.3. The number of carbonyl (C=O) groups excluding carboxylic acids is 2. The zero-order valence-electron chi connectivity index (χ0n) is 36.4.